The van der Waals surface area contributed by atoms with Gasteiger partial charge >= 0.3 is 6.18 Å². The molecule has 0 radical (unpaired) electrons. The van der Waals surface area contributed by atoms with Gasteiger partial charge < -0.3 is 11.1 Å². The molecule has 1 aromatic carbocycles. The van der Waals surface area contributed by atoms with E-state index in [2.05, 4.69) is 0 Å². The molecule has 0 aliphatic heterocycles. The summed E-state index contributed by atoms with van der Waals surface area (Å²) in [5.74, 6) is -0.728. The quantitative estimate of drug-likeness (QED) is 0.646. The van der Waals surface area contributed by atoms with Gasteiger partial charge in [0.1, 0.15) is 6.54 Å². The average molecular weight is 264 g/mol. The molecule has 3 nitrogen and oxygen atoms in total. The van der Waals surface area contributed by atoms with Crippen molar-refractivity contribution in [1.82, 2.24) is 5.32 Å². The van der Waals surface area contributed by atoms with Crippen molar-refractivity contribution in [3.8, 4) is 0 Å². The summed E-state index contributed by atoms with van der Waals surface area (Å²) in [7, 11) is 0. The minimum Gasteiger partial charge on any atom is -0.399 e. The van der Waals surface area contributed by atoms with Crippen LogP contribution in [0.2, 0.25) is 0 Å². The number of nitrogens with two attached hydrogens (primary N) is 1. The van der Waals surface area contributed by atoms with E-state index in [1.165, 1.54) is 0 Å². The topological polar surface area (TPSA) is 55.1 Å². The Kier molecular flexibility index (Phi) is 4.68. The number of thioether (sulfide) groups is 1. The van der Waals surface area contributed by atoms with E-state index in [1.807, 2.05) is 0 Å². The zero-order valence-electron chi connectivity index (χ0n) is 8.75. The fourth-order valence-corrected chi connectivity index (χ4v) is 1.80. The highest BCUT2D eigenvalue weighted by atomic mass is 32.2. The van der Waals surface area contributed by atoms with Crippen LogP contribution in [0.25, 0.3) is 0 Å². The van der Waals surface area contributed by atoms with E-state index in [4.69, 9.17) is 5.73 Å². The maximum atomic E-state index is 11.8. The number of halogens is 3. The van der Waals surface area contributed by atoms with E-state index in [0.29, 0.717) is 5.69 Å². The van der Waals surface area contributed by atoms with Crippen molar-refractivity contribution in [3.05, 3.63) is 24.3 Å². The lowest BCUT2D eigenvalue weighted by atomic mass is 10.3. The van der Waals surface area contributed by atoms with Gasteiger partial charge in [0.15, 0.2) is 0 Å². The van der Waals surface area contributed by atoms with Crippen LogP contribution in [-0.4, -0.2) is 24.4 Å². The molecular formula is C10H11F3N2OS. The number of benzene rings is 1. The Morgan fingerprint density at radius 2 is 2.12 bits per heavy atom. The summed E-state index contributed by atoms with van der Waals surface area (Å²) >= 11 is 1.13. The van der Waals surface area contributed by atoms with Crippen molar-refractivity contribution in [1.29, 1.82) is 0 Å². The fourth-order valence-electron chi connectivity index (χ4n) is 1.00. The number of hydrogen-bond donors (Lipinski definition) is 2. The maximum absolute atomic E-state index is 11.8. The summed E-state index contributed by atoms with van der Waals surface area (Å²) in [4.78, 5) is 11.8. The predicted molar refractivity (Wildman–Crippen MR) is 60.6 cm³/mol. The van der Waals surface area contributed by atoms with Crippen molar-refractivity contribution in [2.45, 2.75) is 11.1 Å². The number of carbonyl (C=O) groups is 1. The minimum atomic E-state index is -4.38. The van der Waals surface area contributed by atoms with Gasteiger partial charge in [0, 0.05) is 10.6 Å². The van der Waals surface area contributed by atoms with Crippen LogP contribution in [0.4, 0.5) is 18.9 Å². The Morgan fingerprint density at radius 3 is 2.71 bits per heavy atom. The first-order chi connectivity index (χ1) is 7.87. The van der Waals surface area contributed by atoms with Crippen LogP contribution in [0.5, 0.6) is 0 Å². The van der Waals surface area contributed by atoms with Crippen molar-refractivity contribution in [2.75, 3.05) is 18.0 Å². The SMILES string of the molecule is Nc1cccc(SCC(=O)NCC(F)(F)F)c1. The smallest absolute Gasteiger partial charge is 0.399 e. The molecule has 0 saturated heterocycles. The minimum absolute atomic E-state index is 0.0699. The number of alkyl halides is 3. The van der Waals surface area contributed by atoms with Crippen molar-refractivity contribution >= 4 is 23.4 Å². The molecule has 0 aliphatic rings. The lowest BCUT2D eigenvalue weighted by Crippen LogP contribution is -2.34. The van der Waals surface area contributed by atoms with E-state index in [0.717, 1.165) is 16.7 Å². The van der Waals surface area contributed by atoms with Gasteiger partial charge in [0.2, 0.25) is 5.91 Å². The first-order valence-corrected chi connectivity index (χ1v) is 5.67. The molecule has 94 valence electrons. The molecule has 0 heterocycles. The van der Waals surface area contributed by atoms with E-state index in [-0.39, 0.29) is 5.75 Å². The number of anilines is 1. The van der Waals surface area contributed by atoms with Crippen LogP contribution in [0.1, 0.15) is 0 Å². The molecule has 0 fully saturated rings. The Morgan fingerprint density at radius 1 is 1.41 bits per heavy atom. The Balaban J connectivity index is 2.33. The third-order valence-corrected chi connectivity index (χ3v) is 2.71. The molecule has 0 bridgehead atoms. The van der Waals surface area contributed by atoms with Crippen LogP contribution in [-0.2, 0) is 4.79 Å². The lowest BCUT2D eigenvalue weighted by molar-refractivity contribution is -0.136. The third-order valence-electron chi connectivity index (χ3n) is 1.71. The molecule has 0 atom stereocenters. The molecule has 3 N–H and O–H groups in total. The number of amides is 1. The van der Waals surface area contributed by atoms with Crippen LogP contribution < -0.4 is 11.1 Å². The lowest BCUT2D eigenvalue weighted by Gasteiger charge is -2.08. The molecule has 0 unspecified atom stereocenters. The van der Waals surface area contributed by atoms with Gasteiger partial charge in [0.05, 0.1) is 5.75 Å². The Hall–Kier alpha value is -1.37. The second-order valence-corrected chi connectivity index (χ2v) is 4.30. The van der Waals surface area contributed by atoms with Crippen LogP contribution >= 0.6 is 11.8 Å². The van der Waals surface area contributed by atoms with Gasteiger partial charge in [0.25, 0.3) is 0 Å². The highest BCUT2D eigenvalue weighted by Crippen LogP contribution is 2.20. The van der Waals surface area contributed by atoms with Gasteiger partial charge in [-0.15, -0.1) is 11.8 Å². The number of nitrogens with one attached hydrogen (secondary N) is 1. The Labute approximate surface area is 101 Å². The number of hydrogen-bond acceptors (Lipinski definition) is 3. The van der Waals surface area contributed by atoms with Gasteiger partial charge in [-0.25, -0.2) is 0 Å². The summed E-state index contributed by atoms with van der Waals surface area (Å²) in [5, 5.41) is 1.79. The zero-order chi connectivity index (χ0) is 12.9. The van der Waals surface area contributed by atoms with E-state index < -0.39 is 18.6 Å². The van der Waals surface area contributed by atoms with Crippen molar-refractivity contribution in [2.24, 2.45) is 0 Å². The predicted octanol–water partition coefficient (Wildman–Crippen LogP) is 2.04. The average Bonchev–Trinajstić information content (AvgIpc) is 2.23. The molecule has 0 aromatic heterocycles. The van der Waals surface area contributed by atoms with Gasteiger partial charge in [-0.2, -0.15) is 13.2 Å². The summed E-state index contributed by atoms with van der Waals surface area (Å²) in [6.45, 7) is -1.30. The zero-order valence-corrected chi connectivity index (χ0v) is 9.57. The first kappa shape index (κ1) is 13.7. The van der Waals surface area contributed by atoms with Gasteiger partial charge in [-0.05, 0) is 18.2 Å². The molecular weight excluding hydrogens is 253 g/mol. The maximum Gasteiger partial charge on any atom is 0.405 e. The van der Waals surface area contributed by atoms with Gasteiger partial charge in [-0.1, -0.05) is 6.07 Å². The van der Waals surface area contributed by atoms with Crippen molar-refractivity contribution < 1.29 is 18.0 Å². The van der Waals surface area contributed by atoms with E-state index in [9.17, 15) is 18.0 Å². The summed E-state index contributed by atoms with van der Waals surface area (Å²) < 4.78 is 35.4. The Bertz CT molecular complexity index is 395. The molecule has 0 spiro atoms. The monoisotopic (exact) mass is 264 g/mol. The van der Waals surface area contributed by atoms with Crippen LogP contribution in [0.3, 0.4) is 0 Å². The standard InChI is InChI=1S/C10H11F3N2OS/c11-10(12,13)6-15-9(16)5-17-8-3-1-2-7(14)4-8/h1-4H,5-6,14H2,(H,15,16). The van der Waals surface area contributed by atoms with Crippen molar-refractivity contribution in [3.63, 3.8) is 0 Å². The second kappa shape index (κ2) is 5.81. The van der Waals surface area contributed by atoms with Gasteiger partial charge in [-0.3, -0.25) is 4.79 Å². The van der Waals surface area contributed by atoms with Crippen LogP contribution in [0.15, 0.2) is 29.2 Å². The molecule has 1 rings (SSSR count). The highest BCUT2D eigenvalue weighted by molar-refractivity contribution is 8.00. The fraction of sp³-hybridized carbons (Fsp3) is 0.300. The molecule has 1 aromatic rings. The second-order valence-electron chi connectivity index (χ2n) is 3.25. The number of nitrogen functional groups attached to an aromatic ring is 1. The normalized spacial score (nSPS) is 11.2. The molecule has 17 heavy (non-hydrogen) atoms. The summed E-state index contributed by atoms with van der Waals surface area (Å²) in [5.41, 5.74) is 6.07. The van der Waals surface area contributed by atoms with Crippen LogP contribution in [0, 0.1) is 0 Å². The third kappa shape index (κ3) is 6.06. The molecule has 7 heteroatoms. The highest BCUT2D eigenvalue weighted by Gasteiger charge is 2.27. The molecule has 1 amide bonds. The van der Waals surface area contributed by atoms with E-state index >= 15 is 0 Å². The molecule has 0 saturated carbocycles. The number of rotatable bonds is 4. The summed E-state index contributed by atoms with van der Waals surface area (Å²) in [6, 6.07) is 6.79. The molecule has 0 aliphatic carbocycles. The van der Waals surface area contributed by atoms with E-state index in [1.54, 1.807) is 29.6 Å². The number of carbonyl (C=O) groups excluding carboxylic acids is 1. The summed E-state index contributed by atoms with van der Waals surface area (Å²) in [6.07, 6.45) is -4.38. The largest absolute Gasteiger partial charge is 0.405 e. The first-order valence-electron chi connectivity index (χ1n) is 4.68.